The van der Waals surface area contributed by atoms with E-state index in [1.54, 1.807) is 0 Å². The van der Waals surface area contributed by atoms with Crippen LogP contribution in [0.25, 0.3) is 0 Å². The first-order chi connectivity index (χ1) is 7.77. The molecule has 4 unspecified atom stereocenters. The minimum absolute atomic E-state index is 0.402. The maximum absolute atomic E-state index is 5.89. The van der Waals surface area contributed by atoms with Crippen LogP contribution >= 0.6 is 0 Å². The van der Waals surface area contributed by atoms with E-state index in [0.29, 0.717) is 24.1 Å². The predicted molar refractivity (Wildman–Crippen MR) is 66.4 cm³/mol. The molecule has 1 saturated carbocycles. The third-order valence-electron chi connectivity index (χ3n) is 4.48. The maximum Gasteiger partial charge on any atom is 0.0703 e. The normalized spacial score (nSPS) is 39.8. The molecule has 0 amide bonds. The number of nitrogens with two attached hydrogens (primary N) is 1. The maximum atomic E-state index is 5.89. The second-order valence-electron chi connectivity index (χ2n) is 5.26. The molecule has 0 radical (unpaired) electrons. The van der Waals surface area contributed by atoms with E-state index in [-0.39, 0.29) is 0 Å². The quantitative estimate of drug-likeness (QED) is 0.791. The lowest BCUT2D eigenvalue weighted by Crippen LogP contribution is -2.48. The molecule has 2 fully saturated rings. The van der Waals surface area contributed by atoms with Crippen LogP contribution in [-0.4, -0.2) is 42.8 Å². The van der Waals surface area contributed by atoms with Gasteiger partial charge in [0.1, 0.15) is 0 Å². The van der Waals surface area contributed by atoms with E-state index in [9.17, 15) is 0 Å². The average Bonchev–Trinajstić information content (AvgIpc) is 2.90. The van der Waals surface area contributed by atoms with Crippen LogP contribution in [0.4, 0.5) is 0 Å². The van der Waals surface area contributed by atoms with Crippen LogP contribution in [-0.2, 0) is 4.74 Å². The number of ether oxygens (including phenoxy) is 1. The third-order valence-corrected chi connectivity index (χ3v) is 4.48. The van der Waals surface area contributed by atoms with Crippen LogP contribution in [0.1, 0.15) is 39.5 Å². The molecule has 1 aliphatic carbocycles. The topological polar surface area (TPSA) is 38.5 Å². The zero-order chi connectivity index (χ0) is 11.5. The number of likely N-dealkylation sites (N-methyl/N-ethyl adjacent to an activating group) is 1. The van der Waals surface area contributed by atoms with Crippen LogP contribution < -0.4 is 5.73 Å². The van der Waals surface area contributed by atoms with E-state index in [1.807, 2.05) is 0 Å². The standard InChI is InChI=1S/C13H26N2O/c1-3-15(12-7-8-16-10(12)2)13-6-4-5-11(13)9-14/h10-13H,3-9,14H2,1-2H3. The highest BCUT2D eigenvalue weighted by Crippen LogP contribution is 2.33. The molecule has 1 saturated heterocycles. The summed E-state index contributed by atoms with van der Waals surface area (Å²) in [6.07, 6.45) is 5.60. The molecule has 1 heterocycles. The minimum atomic E-state index is 0.402. The molecule has 2 N–H and O–H groups in total. The van der Waals surface area contributed by atoms with E-state index < -0.39 is 0 Å². The van der Waals surface area contributed by atoms with Crippen LogP contribution in [0, 0.1) is 5.92 Å². The fourth-order valence-electron chi connectivity index (χ4n) is 3.60. The highest BCUT2D eigenvalue weighted by Gasteiger charge is 2.38. The number of hydrogen-bond acceptors (Lipinski definition) is 3. The van der Waals surface area contributed by atoms with Crippen molar-refractivity contribution in [2.45, 2.75) is 57.7 Å². The first-order valence-corrected chi connectivity index (χ1v) is 6.85. The Bertz CT molecular complexity index is 222. The second kappa shape index (κ2) is 5.48. The SMILES string of the molecule is CCN(C1CCCC1CN)C1CCOC1C. The van der Waals surface area contributed by atoms with Gasteiger partial charge in [0, 0.05) is 18.7 Å². The monoisotopic (exact) mass is 226 g/mol. The Morgan fingerprint density at radius 3 is 2.62 bits per heavy atom. The van der Waals surface area contributed by atoms with Crippen molar-refractivity contribution in [3.8, 4) is 0 Å². The molecule has 0 spiro atoms. The summed E-state index contributed by atoms with van der Waals surface area (Å²) in [5, 5.41) is 0. The van der Waals surface area contributed by atoms with Crippen LogP contribution in [0.5, 0.6) is 0 Å². The van der Waals surface area contributed by atoms with Crippen LogP contribution in [0.3, 0.4) is 0 Å². The molecular weight excluding hydrogens is 200 g/mol. The van der Waals surface area contributed by atoms with Crippen molar-refractivity contribution in [3.63, 3.8) is 0 Å². The lowest BCUT2D eigenvalue weighted by Gasteiger charge is -2.37. The fraction of sp³-hybridized carbons (Fsp3) is 1.00. The Hall–Kier alpha value is -0.120. The van der Waals surface area contributed by atoms with Crippen LogP contribution in [0.2, 0.25) is 0 Å². The van der Waals surface area contributed by atoms with E-state index in [0.717, 1.165) is 19.7 Å². The van der Waals surface area contributed by atoms with Gasteiger partial charge in [0.15, 0.2) is 0 Å². The largest absolute Gasteiger partial charge is 0.377 e. The molecule has 16 heavy (non-hydrogen) atoms. The van der Waals surface area contributed by atoms with Crippen molar-refractivity contribution < 1.29 is 4.74 Å². The Labute approximate surface area is 99.3 Å². The first-order valence-electron chi connectivity index (χ1n) is 6.85. The number of rotatable bonds is 4. The molecule has 3 nitrogen and oxygen atoms in total. The lowest BCUT2D eigenvalue weighted by atomic mass is 9.98. The number of hydrogen-bond donors (Lipinski definition) is 1. The van der Waals surface area contributed by atoms with Gasteiger partial charge in [0.2, 0.25) is 0 Å². The summed E-state index contributed by atoms with van der Waals surface area (Å²) in [4.78, 5) is 2.67. The van der Waals surface area contributed by atoms with Gasteiger partial charge >= 0.3 is 0 Å². The van der Waals surface area contributed by atoms with Gasteiger partial charge in [0.05, 0.1) is 6.10 Å². The van der Waals surface area contributed by atoms with Crippen LogP contribution in [0.15, 0.2) is 0 Å². The predicted octanol–water partition coefficient (Wildman–Crippen LogP) is 1.61. The molecule has 4 atom stereocenters. The van der Waals surface area contributed by atoms with Gasteiger partial charge in [0.25, 0.3) is 0 Å². The van der Waals surface area contributed by atoms with Crippen molar-refractivity contribution in [3.05, 3.63) is 0 Å². The summed E-state index contributed by atoms with van der Waals surface area (Å²) in [6.45, 7) is 7.41. The summed E-state index contributed by atoms with van der Waals surface area (Å²) in [6, 6.07) is 1.34. The summed E-state index contributed by atoms with van der Waals surface area (Å²) >= 11 is 0. The summed E-state index contributed by atoms with van der Waals surface area (Å²) in [5.41, 5.74) is 5.89. The van der Waals surface area contributed by atoms with E-state index in [2.05, 4.69) is 18.7 Å². The van der Waals surface area contributed by atoms with Crippen molar-refractivity contribution in [1.82, 2.24) is 4.90 Å². The van der Waals surface area contributed by atoms with Gasteiger partial charge in [-0.15, -0.1) is 0 Å². The Morgan fingerprint density at radius 1 is 1.25 bits per heavy atom. The van der Waals surface area contributed by atoms with Gasteiger partial charge in [-0.3, -0.25) is 4.90 Å². The molecule has 1 aliphatic heterocycles. The Morgan fingerprint density at radius 2 is 2.06 bits per heavy atom. The Balaban J connectivity index is 2.03. The van der Waals surface area contributed by atoms with E-state index in [4.69, 9.17) is 10.5 Å². The van der Waals surface area contributed by atoms with Crippen molar-refractivity contribution in [2.24, 2.45) is 11.7 Å². The zero-order valence-electron chi connectivity index (χ0n) is 10.7. The molecule has 2 aliphatic rings. The van der Waals surface area contributed by atoms with Crippen molar-refractivity contribution in [2.75, 3.05) is 19.7 Å². The van der Waals surface area contributed by atoms with Gasteiger partial charge < -0.3 is 10.5 Å². The van der Waals surface area contributed by atoms with E-state index >= 15 is 0 Å². The first kappa shape index (κ1) is 12.3. The van der Waals surface area contributed by atoms with E-state index in [1.165, 1.54) is 25.7 Å². The average molecular weight is 226 g/mol. The highest BCUT2D eigenvalue weighted by molar-refractivity contribution is 4.92. The third kappa shape index (κ3) is 2.27. The molecular formula is C13H26N2O. The fourth-order valence-corrected chi connectivity index (χ4v) is 3.60. The van der Waals surface area contributed by atoms with Gasteiger partial charge in [-0.05, 0) is 45.2 Å². The minimum Gasteiger partial charge on any atom is -0.377 e. The lowest BCUT2D eigenvalue weighted by molar-refractivity contribution is 0.0468. The molecule has 3 heteroatoms. The Kier molecular flexibility index (Phi) is 4.22. The molecule has 2 rings (SSSR count). The summed E-state index contributed by atoms with van der Waals surface area (Å²) in [7, 11) is 0. The molecule has 94 valence electrons. The van der Waals surface area contributed by atoms with Crippen molar-refractivity contribution >= 4 is 0 Å². The molecule has 0 bridgehead atoms. The molecule has 0 aromatic carbocycles. The summed E-state index contributed by atoms with van der Waals surface area (Å²) < 4.78 is 5.70. The van der Waals surface area contributed by atoms with Gasteiger partial charge in [-0.25, -0.2) is 0 Å². The van der Waals surface area contributed by atoms with Gasteiger partial charge in [-0.1, -0.05) is 13.3 Å². The second-order valence-corrected chi connectivity index (χ2v) is 5.26. The highest BCUT2D eigenvalue weighted by atomic mass is 16.5. The van der Waals surface area contributed by atoms with Crippen molar-refractivity contribution in [1.29, 1.82) is 0 Å². The van der Waals surface area contributed by atoms with Gasteiger partial charge in [-0.2, -0.15) is 0 Å². The smallest absolute Gasteiger partial charge is 0.0703 e. The molecule has 0 aromatic rings. The molecule has 0 aromatic heterocycles. The number of nitrogens with zero attached hydrogens (tertiary/aromatic N) is 1. The zero-order valence-corrected chi connectivity index (χ0v) is 10.7. The summed E-state index contributed by atoms with van der Waals surface area (Å²) in [5.74, 6) is 0.716.